The lowest BCUT2D eigenvalue weighted by Gasteiger charge is -2.09. The summed E-state index contributed by atoms with van der Waals surface area (Å²) in [6.07, 6.45) is 0. The molecule has 6 heteroatoms. The first-order valence-corrected chi connectivity index (χ1v) is 8.67. The van der Waals surface area contributed by atoms with Crippen LogP contribution >= 0.6 is 0 Å². The summed E-state index contributed by atoms with van der Waals surface area (Å²) in [7, 11) is 0. The molecule has 0 bridgehead atoms. The molecule has 3 rings (SSSR count). The molecule has 0 fully saturated rings. The van der Waals surface area contributed by atoms with E-state index in [1.54, 1.807) is 66.7 Å². The van der Waals surface area contributed by atoms with Crippen molar-refractivity contribution in [2.24, 2.45) is 0 Å². The van der Waals surface area contributed by atoms with E-state index in [-0.39, 0.29) is 5.91 Å². The zero-order valence-corrected chi connectivity index (χ0v) is 15.2. The molecule has 0 atom stereocenters. The molecule has 3 aromatic carbocycles. The Hall–Kier alpha value is -3.93. The van der Waals surface area contributed by atoms with Gasteiger partial charge in [0.05, 0.1) is 0 Å². The molecule has 3 N–H and O–H groups in total. The Morgan fingerprint density at radius 1 is 0.607 bits per heavy atom. The van der Waals surface area contributed by atoms with Gasteiger partial charge in [-0.2, -0.15) is 0 Å². The molecule has 0 aromatic heterocycles. The van der Waals surface area contributed by atoms with E-state index in [1.807, 2.05) is 19.1 Å². The van der Waals surface area contributed by atoms with E-state index in [2.05, 4.69) is 16.2 Å². The fourth-order valence-corrected chi connectivity index (χ4v) is 2.54. The summed E-state index contributed by atoms with van der Waals surface area (Å²) in [6.45, 7) is 1.92. The number of hydrazine groups is 1. The topological polar surface area (TPSA) is 87.3 Å². The van der Waals surface area contributed by atoms with Gasteiger partial charge < -0.3 is 5.32 Å². The molecule has 140 valence electrons. The lowest BCUT2D eigenvalue weighted by Crippen LogP contribution is -2.41. The zero-order valence-electron chi connectivity index (χ0n) is 15.2. The number of hydrogen-bond acceptors (Lipinski definition) is 3. The number of benzene rings is 3. The van der Waals surface area contributed by atoms with Crippen LogP contribution in [0.2, 0.25) is 0 Å². The number of nitrogens with one attached hydrogen (secondary N) is 3. The van der Waals surface area contributed by atoms with Gasteiger partial charge in [0.15, 0.2) is 0 Å². The summed E-state index contributed by atoms with van der Waals surface area (Å²) in [6, 6.07) is 22.2. The maximum atomic E-state index is 12.3. The Balaban J connectivity index is 1.57. The lowest BCUT2D eigenvalue weighted by molar-refractivity contribution is 0.0846. The summed E-state index contributed by atoms with van der Waals surface area (Å²) in [4.78, 5) is 36.4. The van der Waals surface area contributed by atoms with Crippen molar-refractivity contribution in [3.8, 4) is 0 Å². The second-order valence-corrected chi connectivity index (χ2v) is 6.18. The smallest absolute Gasteiger partial charge is 0.269 e. The molecule has 28 heavy (non-hydrogen) atoms. The molecule has 0 aliphatic rings. The van der Waals surface area contributed by atoms with Gasteiger partial charge >= 0.3 is 0 Å². The van der Waals surface area contributed by atoms with Gasteiger partial charge in [0.2, 0.25) is 0 Å². The van der Waals surface area contributed by atoms with Crippen molar-refractivity contribution in [2.75, 3.05) is 5.32 Å². The Morgan fingerprint density at radius 2 is 1.18 bits per heavy atom. The Labute approximate surface area is 162 Å². The van der Waals surface area contributed by atoms with Crippen LogP contribution in [0.1, 0.15) is 36.6 Å². The van der Waals surface area contributed by atoms with Gasteiger partial charge in [-0.1, -0.05) is 35.9 Å². The van der Waals surface area contributed by atoms with Crippen molar-refractivity contribution in [3.05, 3.63) is 101 Å². The normalized spacial score (nSPS) is 10.0. The highest BCUT2D eigenvalue weighted by atomic mass is 16.2. The van der Waals surface area contributed by atoms with Crippen LogP contribution in [0, 0.1) is 6.92 Å². The molecule has 0 aliphatic carbocycles. The second-order valence-electron chi connectivity index (χ2n) is 6.18. The maximum Gasteiger partial charge on any atom is 0.269 e. The van der Waals surface area contributed by atoms with Gasteiger partial charge in [0, 0.05) is 22.4 Å². The summed E-state index contributed by atoms with van der Waals surface area (Å²) < 4.78 is 0. The van der Waals surface area contributed by atoms with Crippen molar-refractivity contribution in [3.63, 3.8) is 0 Å². The third-order valence-corrected chi connectivity index (χ3v) is 4.01. The van der Waals surface area contributed by atoms with Crippen molar-refractivity contribution in [1.29, 1.82) is 0 Å². The predicted octanol–water partition coefficient (Wildman–Crippen LogP) is 3.32. The summed E-state index contributed by atoms with van der Waals surface area (Å²) in [5, 5.41) is 2.78. The summed E-state index contributed by atoms with van der Waals surface area (Å²) in [5.41, 5.74) is 7.64. The van der Waals surface area contributed by atoms with E-state index in [4.69, 9.17) is 0 Å². The van der Waals surface area contributed by atoms with Crippen LogP contribution in [0.25, 0.3) is 0 Å². The molecular formula is C22H19N3O3. The van der Waals surface area contributed by atoms with Gasteiger partial charge in [-0.25, -0.2) is 0 Å². The van der Waals surface area contributed by atoms with E-state index < -0.39 is 11.8 Å². The number of anilines is 1. The first kappa shape index (κ1) is 18.8. The molecule has 0 radical (unpaired) electrons. The van der Waals surface area contributed by atoms with Crippen molar-refractivity contribution in [1.82, 2.24) is 10.9 Å². The van der Waals surface area contributed by atoms with E-state index in [1.165, 1.54) is 0 Å². The van der Waals surface area contributed by atoms with E-state index >= 15 is 0 Å². The van der Waals surface area contributed by atoms with Crippen LogP contribution in [0.3, 0.4) is 0 Å². The molecule has 0 saturated carbocycles. The average molecular weight is 373 g/mol. The number of aryl methyl sites for hydroxylation is 1. The van der Waals surface area contributed by atoms with E-state index in [0.717, 1.165) is 5.56 Å². The summed E-state index contributed by atoms with van der Waals surface area (Å²) in [5.74, 6) is -1.09. The van der Waals surface area contributed by atoms with Crippen LogP contribution in [0.4, 0.5) is 5.69 Å². The lowest BCUT2D eigenvalue weighted by atomic mass is 10.1. The highest BCUT2D eigenvalue weighted by Crippen LogP contribution is 2.12. The second kappa shape index (κ2) is 8.64. The fraction of sp³-hybridized carbons (Fsp3) is 0.0455. The first-order chi connectivity index (χ1) is 13.5. The Bertz CT molecular complexity index is 999. The third-order valence-electron chi connectivity index (χ3n) is 4.01. The maximum absolute atomic E-state index is 12.3. The SMILES string of the molecule is Cc1cccc(C(=O)Nc2ccc(C(=O)NNC(=O)c3ccccc3)cc2)c1. The van der Waals surface area contributed by atoms with Crippen LogP contribution in [0.5, 0.6) is 0 Å². The first-order valence-electron chi connectivity index (χ1n) is 8.67. The van der Waals surface area contributed by atoms with Crippen molar-refractivity contribution < 1.29 is 14.4 Å². The summed E-state index contributed by atoms with van der Waals surface area (Å²) >= 11 is 0. The minimum absolute atomic E-state index is 0.226. The molecule has 6 nitrogen and oxygen atoms in total. The molecule has 0 aliphatic heterocycles. The minimum Gasteiger partial charge on any atom is -0.322 e. The van der Waals surface area contributed by atoms with Gasteiger partial charge in [-0.15, -0.1) is 0 Å². The van der Waals surface area contributed by atoms with Gasteiger partial charge in [0.1, 0.15) is 0 Å². The molecule has 3 amide bonds. The number of carbonyl (C=O) groups excluding carboxylic acids is 3. The third kappa shape index (κ3) is 4.82. The average Bonchev–Trinajstić information content (AvgIpc) is 2.73. The van der Waals surface area contributed by atoms with E-state index in [0.29, 0.717) is 22.4 Å². The quantitative estimate of drug-likeness (QED) is 0.613. The minimum atomic E-state index is -0.458. The van der Waals surface area contributed by atoms with Gasteiger partial charge in [0.25, 0.3) is 17.7 Å². The predicted molar refractivity (Wildman–Crippen MR) is 107 cm³/mol. The van der Waals surface area contributed by atoms with Gasteiger partial charge in [-0.05, 0) is 55.5 Å². The van der Waals surface area contributed by atoms with Crippen LogP contribution in [0.15, 0.2) is 78.9 Å². The monoisotopic (exact) mass is 373 g/mol. The Kier molecular flexibility index (Phi) is 5.81. The standard InChI is InChI=1S/C22H19N3O3/c1-15-6-5-9-18(14-15)20(26)23-19-12-10-17(11-13-19)22(28)25-24-21(27)16-7-3-2-4-8-16/h2-14H,1H3,(H,23,26)(H,24,27)(H,25,28). The number of amides is 3. The van der Waals surface area contributed by atoms with Crippen LogP contribution in [-0.4, -0.2) is 17.7 Å². The Morgan fingerprint density at radius 3 is 1.79 bits per heavy atom. The highest BCUT2D eigenvalue weighted by molar-refractivity contribution is 6.04. The molecule has 0 saturated heterocycles. The molecule has 0 unspecified atom stereocenters. The molecule has 0 heterocycles. The van der Waals surface area contributed by atoms with Crippen molar-refractivity contribution >= 4 is 23.4 Å². The van der Waals surface area contributed by atoms with Crippen LogP contribution in [-0.2, 0) is 0 Å². The number of hydrogen-bond donors (Lipinski definition) is 3. The zero-order chi connectivity index (χ0) is 19.9. The number of rotatable bonds is 4. The molecule has 3 aromatic rings. The van der Waals surface area contributed by atoms with E-state index in [9.17, 15) is 14.4 Å². The van der Waals surface area contributed by atoms with Crippen molar-refractivity contribution in [2.45, 2.75) is 6.92 Å². The fourth-order valence-electron chi connectivity index (χ4n) is 2.54. The molecular weight excluding hydrogens is 354 g/mol. The number of carbonyl (C=O) groups is 3. The highest BCUT2D eigenvalue weighted by Gasteiger charge is 2.10. The largest absolute Gasteiger partial charge is 0.322 e. The van der Waals surface area contributed by atoms with Gasteiger partial charge in [-0.3, -0.25) is 25.2 Å². The molecule has 0 spiro atoms. The van der Waals surface area contributed by atoms with Crippen LogP contribution < -0.4 is 16.2 Å².